The number of rotatable bonds is 4. The van der Waals surface area contributed by atoms with Gasteiger partial charge < -0.3 is 4.74 Å². The van der Waals surface area contributed by atoms with Gasteiger partial charge in [0.15, 0.2) is 0 Å². The van der Waals surface area contributed by atoms with E-state index in [0.29, 0.717) is 5.92 Å². The lowest BCUT2D eigenvalue weighted by atomic mass is 9.94. The van der Waals surface area contributed by atoms with E-state index in [1.54, 1.807) is 7.11 Å². The highest BCUT2D eigenvalue weighted by Crippen LogP contribution is 2.25. The molecule has 0 heterocycles. The first-order valence-corrected chi connectivity index (χ1v) is 4.94. The van der Waals surface area contributed by atoms with Gasteiger partial charge in [-0.05, 0) is 42.5 Å². The minimum Gasteiger partial charge on any atom is -0.497 e. The summed E-state index contributed by atoms with van der Waals surface area (Å²) in [4.78, 5) is 0. The molecule has 0 bridgehead atoms. The van der Waals surface area contributed by atoms with Crippen molar-refractivity contribution in [1.29, 1.82) is 0 Å². The van der Waals surface area contributed by atoms with Crippen LogP contribution < -0.4 is 4.74 Å². The molecule has 0 amide bonds. The smallest absolute Gasteiger partial charge is 0.119 e. The van der Waals surface area contributed by atoms with E-state index in [4.69, 9.17) is 4.74 Å². The van der Waals surface area contributed by atoms with Gasteiger partial charge in [0, 0.05) is 0 Å². The zero-order chi connectivity index (χ0) is 10.6. The van der Waals surface area contributed by atoms with E-state index in [0.717, 1.165) is 12.2 Å². The molecule has 14 heavy (non-hydrogen) atoms. The van der Waals surface area contributed by atoms with E-state index in [2.05, 4.69) is 32.6 Å². The maximum absolute atomic E-state index is 5.17. The van der Waals surface area contributed by atoms with Crippen LogP contribution >= 0.6 is 0 Å². The van der Waals surface area contributed by atoms with Crippen LogP contribution in [0.1, 0.15) is 30.4 Å². The Bertz CT molecular complexity index is 315. The van der Waals surface area contributed by atoms with Gasteiger partial charge in [0.2, 0.25) is 0 Å². The lowest BCUT2D eigenvalue weighted by Crippen LogP contribution is -1.96. The van der Waals surface area contributed by atoms with Crippen LogP contribution in [0.25, 0.3) is 0 Å². The molecular weight excluding hydrogens is 172 g/mol. The Morgan fingerprint density at radius 3 is 2.71 bits per heavy atom. The number of ether oxygens (including phenoxy) is 1. The van der Waals surface area contributed by atoms with Gasteiger partial charge in [-0.15, -0.1) is 6.58 Å². The molecule has 1 atom stereocenters. The fourth-order valence-electron chi connectivity index (χ4n) is 1.71. The van der Waals surface area contributed by atoms with Crippen LogP contribution in [0.5, 0.6) is 5.75 Å². The normalized spacial score (nSPS) is 12.2. The summed E-state index contributed by atoms with van der Waals surface area (Å²) >= 11 is 0. The molecule has 0 radical (unpaired) electrons. The number of methoxy groups -OCH3 is 1. The molecule has 76 valence electrons. The standard InChI is InChI=1S/C13H18O/c1-5-6-10(2)13-8-7-12(14-4)9-11(13)3/h5,7-10H,1,6H2,2-4H3. The van der Waals surface area contributed by atoms with E-state index in [9.17, 15) is 0 Å². The van der Waals surface area contributed by atoms with Crippen molar-refractivity contribution < 1.29 is 4.74 Å². The number of benzene rings is 1. The van der Waals surface area contributed by atoms with Gasteiger partial charge in [-0.3, -0.25) is 0 Å². The number of allylic oxidation sites excluding steroid dienone is 1. The molecule has 0 saturated carbocycles. The highest BCUT2D eigenvalue weighted by molar-refractivity contribution is 5.36. The molecule has 1 unspecified atom stereocenters. The van der Waals surface area contributed by atoms with Crippen molar-refractivity contribution in [3.8, 4) is 5.75 Å². The fraction of sp³-hybridized carbons (Fsp3) is 0.385. The monoisotopic (exact) mass is 190 g/mol. The van der Waals surface area contributed by atoms with Gasteiger partial charge in [0.1, 0.15) is 5.75 Å². The minimum atomic E-state index is 0.540. The van der Waals surface area contributed by atoms with Gasteiger partial charge in [-0.1, -0.05) is 19.1 Å². The van der Waals surface area contributed by atoms with Gasteiger partial charge in [0.25, 0.3) is 0 Å². The molecule has 0 aliphatic heterocycles. The van der Waals surface area contributed by atoms with E-state index >= 15 is 0 Å². The zero-order valence-corrected chi connectivity index (χ0v) is 9.21. The Hall–Kier alpha value is -1.24. The van der Waals surface area contributed by atoms with Crippen molar-refractivity contribution in [3.05, 3.63) is 42.0 Å². The van der Waals surface area contributed by atoms with Crippen molar-refractivity contribution in [2.45, 2.75) is 26.2 Å². The molecule has 0 saturated heterocycles. The molecule has 1 rings (SSSR count). The molecule has 0 aliphatic rings. The quantitative estimate of drug-likeness (QED) is 0.658. The third-order valence-electron chi connectivity index (χ3n) is 2.53. The van der Waals surface area contributed by atoms with Crippen molar-refractivity contribution in [3.63, 3.8) is 0 Å². The first-order chi connectivity index (χ1) is 6.69. The van der Waals surface area contributed by atoms with Crippen molar-refractivity contribution in [2.24, 2.45) is 0 Å². The number of hydrogen-bond donors (Lipinski definition) is 0. The van der Waals surface area contributed by atoms with Crippen molar-refractivity contribution in [2.75, 3.05) is 7.11 Å². The van der Waals surface area contributed by atoms with E-state index < -0.39 is 0 Å². The third kappa shape index (κ3) is 2.38. The van der Waals surface area contributed by atoms with Crippen LogP contribution in [-0.4, -0.2) is 7.11 Å². The molecule has 1 aromatic carbocycles. The summed E-state index contributed by atoms with van der Waals surface area (Å²) in [5.74, 6) is 1.47. The second-order valence-electron chi connectivity index (χ2n) is 3.65. The predicted molar refractivity (Wildman–Crippen MR) is 61.0 cm³/mol. The second-order valence-corrected chi connectivity index (χ2v) is 3.65. The van der Waals surface area contributed by atoms with E-state index in [1.165, 1.54) is 11.1 Å². The average molecular weight is 190 g/mol. The summed E-state index contributed by atoms with van der Waals surface area (Å²) in [6.45, 7) is 8.11. The Kier molecular flexibility index (Phi) is 3.75. The van der Waals surface area contributed by atoms with Gasteiger partial charge >= 0.3 is 0 Å². The topological polar surface area (TPSA) is 9.23 Å². The van der Waals surface area contributed by atoms with Crippen LogP contribution in [0.2, 0.25) is 0 Å². The first-order valence-electron chi connectivity index (χ1n) is 4.94. The highest BCUT2D eigenvalue weighted by Gasteiger charge is 2.07. The minimum absolute atomic E-state index is 0.540. The summed E-state index contributed by atoms with van der Waals surface area (Å²) in [7, 11) is 1.70. The summed E-state index contributed by atoms with van der Waals surface area (Å²) in [6.07, 6.45) is 2.99. The largest absolute Gasteiger partial charge is 0.497 e. The molecular formula is C13H18O. The molecule has 1 aromatic rings. The van der Waals surface area contributed by atoms with Gasteiger partial charge in [-0.2, -0.15) is 0 Å². The Labute approximate surface area is 86.4 Å². The molecule has 0 aromatic heterocycles. The Balaban J connectivity index is 2.93. The van der Waals surface area contributed by atoms with Crippen LogP contribution in [0.4, 0.5) is 0 Å². The molecule has 0 N–H and O–H groups in total. The Morgan fingerprint density at radius 2 is 2.21 bits per heavy atom. The van der Waals surface area contributed by atoms with Crippen LogP contribution in [0, 0.1) is 6.92 Å². The number of aryl methyl sites for hydroxylation is 1. The van der Waals surface area contributed by atoms with Gasteiger partial charge in [-0.25, -0.2) is 0 Å². The van der Waals surface area contributed by atoms with Crippen LogP contribution in [0.15, 0.2) is 30.9 Å². The second kappa shape index (κ2) is 4.85. The Morgan fingerprint density at radius 1 is 1.50 bits per heavy atom. The number of hydrogen-bond acceptors (Lipinski definition) is 1. The van der Waals surface area contributed by atoms with E-state index in [-0.39, 0.29) is 0 Å². The third-order valence-corrected chi connectivity index (χ3v) is 2.53. The predicted octanol–water partition coefficient (Wildman–Crippen LogP) is 3.68. The van der Waals surface area contributed by atoms with Gasteiger partial charge in [0.05, 0.1) is 7.11 Å². The maximum atomic E-state index is 5.17. The summed E-state index contributed by atoms with van der Waals surface area (Å²) in [5, 5.41) is 0. The summed E-state index contributed by atoms with van der Waals surface area (Å²) in [6, 6.07) is 6.24. The van der Waals surface area contributed by atoms with Crippen molar-refractivity contribution in [1.82, 2.24) is 0 Å². The summed E-state index contributed by atoms with van der Waals surface area (Å²) in [5.41, 5.74) is 2.67. The maximum Gasteiger partial charge on any atom is 0.119 e. The van der Waals surface area contributed by atoms with Crippen LogP contribution in [-0.2, 0) is 0 Å². The zero-order valence-electron chi connectivity index (χ0n) is 9.21. The van der Waals surface area contributed by atoms with Crippen LogP contribution in [0.3, 0.4) is 0 Å². The molecule has 0 fully saturated rings. The molecule has 0 aliphatic carbocycles. The van der Waals surface area contributed by atoms with E-state index in [1.807, 2.05) is 12.1 Å². The SMILES string of the molecule is C=CCC(C)c1ccc(OC)cc1C. The summed E-state index contributed by atoms with van der Waals surface area (Å²) < 4.78 is 5.17. The molecule has 1 heteroatoms. The first kappa shape index (κ1) is 10.8. The molecule has 1 nitrogen and oxygen atoms in total. The molecule has 0 spiro atoms. The highest BCUT2D eigenvalue weighted by atomic mass is 16.5. The lowest BCUT2D eigenvalue weighted by molar-refractivity contribution is 0.414. The fourth-order valence-corrected chi connectivity index (χ4v) is 1.71. The van der Waals surface area contributed by atoms with Crippen molar-refractivity contribution >= 4 is 0 Å². The lowest BCUT2D eigenvalue weighted by Gasteiger charge is -2.13. The average Bonchev–Trinajstić information content (AvgIpc) is 2.17.